The molecule has 1 aromatic carbocycles. The average molecular weight is 224 g/mol. The fourth-order valence-corrected chi connectivity index (χ4v) is 1.91. The lowest BCUT2D eigenvalue weighted by atomic mass is 10.1. The second-order valence-electron chi connectivity index (χ2n) is 4.23. The minimum absolute atomic E-state index is 0.222. The van der Waals surface area contributed by atoms with E-state index < -0.39 is 0 Å². The van der Waals surface area contributed by atoms with Crippen molar-refractivity contribution in [3.8, 4) is 0 Å². The molecule has 1 aromatic rings. The van der Waals surface area contributed by atoms with Crippen LogP contribution >= 0.6 is 0 Å². The van der Waals surface area contributed by atoms with Crippen molar-refractivity contribution in [2.75, 3.05) is 11.9 Å². The Morgan fingerprint density at radius 2 is 2.12 bits per heavy atom. The van der Waals surface area contributed by atoms with Crippen molar-refractivity contribution in [1.29, 1.82) is 0 Å². The van der Waals surface area contributed by atoms with Crippen LogP contribution in [0.3, 0.4) is 0 Å². The summed E-state index contributed by atoms with van der Waals surface area (Å²) in [5.74, 6) is -0.222. The van der Waals surface area contributed by atoms with Crippen LogP contribution in [0.15, 0.2) is 18.2 Å². The first kappa shape index (κ1) is 13.0. The number of halogens is 1. The molecular formula is C13H21FN2. The molecule has 1 unspecified atom stereocenters. The third kappa shape index (κ3) is 2.95. The third-order valence-electron chi connectivity index (χ3n) is 3.01. The molecule has 2 N–H and O–H groups in total. The van der Waals surface area contributed by atoms with E-state index >= 15 is 0 Å². The molecule has 0 amide bonds. The van der Waals surface area contributed by atoms with Crippen LogP contribution in [0.5, 0.6) is 0 Å². The molecule has 0 aliphatic heterocycles. The lowest BCUT2D eigenvalue weighted by Gasteiger charge is -2.28. The molecule has 0 aliphatic rings. The molecule has 0 spiro atoms. The number of benzene rings is 1. The molecule has 90 valence electrons. The molecule has 0 bridgehead atoms. The number of hydrogen-bond acceptors (Lipinski definition) is 2. The summed E-state index contributed by atoms with van der Waals surface area (Å²) in [7, 11) is 2.03. The second kappa shape index (κ2) is 5.85. The quantitative estimate of drug-likeness (QED) is 0.833. The van der Waals surface area contributed by atoms with Gasteiger partial charge in [0.25, 0.3) is 0 Å². The van der Waals surface area contributed by atoms with Crippen molar-refractivity contribution in [2.45, 2.75) is 39.3 Å². The molecule has 0 fully saturated rings. The van der Waals surface area contributed by atoms with E-state index in [2.05, 4.69) is 18.7 Å². The number of hydrogen-bond donors (Lipinski definition) is 1. The zero-order valence-corrected chi connectivity index (χ0v) is 10.3. The van der Waals surface area contributed by atoms with E-state index in [0.717, 1.165) is 24.1 Å². The van der Waals surface area contributed by atoms with Gasteiger partial charge in [-0.2, -0.15) is 0 Å². The zero-order valence-electron chi connectivity index (χ0n) is 10.3. The summed E-state index contributed by atoms with van der Waals surface area (Å²) in [4.78, 5) is 2.17. The highest BCUT2D eigenvalue weighted by atomic mass is 19.1. The van der Waals surface area contributed by atoms with Gasteiger partial charge in [0.2, 0.25) is 0 Å². The molecular weight excluding hydrogens is 203 g/mol. The highest BCUT2D eigenvalue weighted by molar-refractivity contribution is 5.53. The third-order valence-corrected chi connectivity index (χ3v) is 3.01. The minimum atomic E-state index is -0.222. The van der Waals surface area contributed by atoms with E-state index in [9.17, 15) is 4.39 Å². The summed E-state index contributed by atoms with van der Waals surface area (Å²) in [5, 5.41) is 0. The number of anilines is 1. The topological polar surface area (TPSA) is 29.3 Å². The highest BCUT2D eigenvalue weighted by Crippen LogP contribution is 2.23. The Morgan fingerprint density at radius 3 is 2.69 bits per heavy atom. The van der Waals surface area contributed by atoms with Crippen molar-refractivity contribution in [2.24, 2.45) is 5.73 Å². The number of rotatable bonds is 5. The van der Waals surface area contributed by atoms with Crippen LogP contribution in [-0.2, 0) is 6.54 Å². The number of nitrogens with two attached hydrogens (primary N) is 1. The molecule has 0 aromatic heterocycles. The van der Waals surface area contributed by atoms with E-state index in [1.807, 2.05) is 13.1 Å². The van der Waals surface area contributed by atoms with E-state index in [-0.39, 0.29) is 5.82 Å². The molecule has 3 heteroatoms. The smallest absolute Gasteiger partial charge is 0.123 e. The molecule has 0 heterocycles. The fourth-order valence-electron chi connectivity index (χ4n) is 1.91. The largest absolute Gasteiger partial charge is 0.372 e. The van der Waals surface area contributed by atoms with Gasteiger partial charge in [0, 0.05) is 25.3 Å². The molecule has 1 rings (SSSR count). The molecule has 0 aliphatic carbocycles. The van der Waals surface area contributed by atoms with E-state index in [1.54, 1.807) is 0 Å². The first-order chi connectivity index (χ1) is 7.60. The Bertz CT molecular complexity index is 339. The fraction of sp³-hybridized carbons (Fsp3) is 0.538. The predicted molar refractivity (Wildman–Crippen MR) is 67.1 cm³/mol. The van der Waals surface area contributed by atoms with Gasteiger partial charge in [-0.1, -0.05) is 13.3 Å². The molecule has 0 saturated carbocycles. The SMILES string of the molecule is CCCC(C)N(C)c1ccc(F)cc1CN. The monoisotopic (exact) mass is 224 g/mol. The maximum absolute atomic E-state index is 13.1. The van der Waals surface area contributed by atoms with E-state index in [4.69, 9.17) is 5.73 Å². The Balaban J connectivity index is 2.93. The van der Waals surface area contributed by atoms with Crippen LogP contribution in [0, 0.1) is 5.82 Å². The van der Waals surface area contributed by atoms with Crippen molar-refractivity contribution in [1.82, 2.24) is 0 Å². The summed E-state index contributed by atoms with van der Waals surface area (Å²) < 4.78 is 13.1. The predicted octanol–water partition coefficient (Wildman–Crippen LogP) is 2.91. The van der Waals surface area contributed by atoms with Crippen molar-refractivity contribution in [3.05, 3.63) is 29.6 Å². The van der Waals surface area contributed by atoms with Crippen LogP contribution in [0.25, 0.3) is 0 Å². The summed E-state index contributed by atoms with van der Waals surface area (Å²) in [6.07, 6.45) is 2.27. The van der Waals surface area contributed by atoms with Gasteiger partial charge in [-0.05, 0) is 37.1 Å². The van der Waals surface area contributed by atoms with Crippen LogP contribution in [0.4, 0.5) is 10.1 Å². The maximum Gasteiger partial charge on any atom is 0.123 e. The molecule has 0 saturated heterocycles. The van der Waals surface area contributed by atoms with Gasteiger partial charge in [-0.25, -0.2) is 4.39 Å². The Morgan fingerprint density at radius 1 is 1.44 bits per heavy atom. The lowest BCUT2D eigenvalue weighted by molar-refractivity contribution is 0.608. The molecule has 2 nitrogen and oxygen atoms in total. The molecule has 0 radical (unpaired) electrons. The minimum Gasteiger partial charge on any atom is -0.372 e. The number of nitrogens with zero attached hydrogens (tertiary/aromatic N) is 1. The van der Waals surface area contributed by atoms with Crippen molar-refractivity contribution in [3.63, 3.8) is 0 Å². The Labute approximate surface area is 97.3 Å². The van der Waals surface area contributed by atoms with Crippen molar-refractivity contribution < 1.29 is 4.39 Å². The summed E-state index contributed by atoms with van der Waals surface area (Å²) >= 11 is 0. The van der Waals surface area contributed by atoms with Crippen LogP contribution in [0.2, 0.25) is 0 Å². The van der Waals surface area contributed by atoms with E-state index in [0.29, 0.717) is 12.6 Å². The Hall–Kier alpha value is -1.09. The standard InChI is InChI=1S/C13H21FN2/c1-4-5-10(2)16(3)13-7-6-12(14)8-11(13)9-15/h6-8,10H,4-5,9,15H2,1-3H3. The molecule has 16 heavy (non-hydrogen) atoms. The first-order valence-corrected chi connectivity index (χ1v) is 5.81. The average Bonchev–Trinajstić information content (AvgIpc) is 2.28. The summed E-state index contributed by atoms with van der Waals surface area (Å²) in [6, 6.07) is 5.26. The van der Waals surface area contributed by atoms with Gasteiger partial charge in [0.15, 0.2) is 0 Å². The second-order valence-corrected chi connectivity index (χ2v) is 4.23. The first-order valence-electron chi connectivity index (χ1n) is 5.81. The molecule has 1 atom stereocenters. The van der Waals surface area contributed by atoms with Crippen LogP contribution < -0.4 is 10.6 Å². The van der Waals surface area contributed by atoms with Gasteiger partial charge in [-0.3, -0.25) is 0 Å². The zero-order chi connectivity index (χ0) is 12.1. The van der Waals surface area contributed by atoms with Gasteiger partial charge < -0.3 is 10.6 Å². The van der Waals surface area contributed by atoms with Gasteiger partial charge >= 0.3 is 0 Å². The van der Waals surface area contributed by atoms with Gasteiger partial charge in [-0.15, -0.1) is 0 Å². The Kier molecular flexibility index (Phi) is 4.74. The van der Waals surface area contributed by atoms with Gasteiger partial charge in [0.05, 0.1) is 0 Å². The maximum atomic E-state index is 13.1. The summed E-state index contributed by atoms with van der Waals surface area (Å²) in [6.45, 7) is 4.71. The van der Waals surface area contributed by atoms with E-state index in [1.165, 1.54) is 12.1 Å². The van der Waals surface area contributed by atoms with Crippen molar-refractivity contribution >= 4 is 5.69 Å². The normalized spacial score (nSPS) is 12.6. The van der Waals surface area contributed by atoms with Crippen LogP contribution in [0.1, 0.15) is 32.3 Å². The summed E-state index contributed by atoms with van der Waals surface area (Å²) in [5.41, 5.74) is 7.54. The lowest BCUT2D eigenvalue weighted by Crippen LogP contribution is -2.29. The van der Waals surface area contributed by atoms with Crippen LogP contribution in [-0.4, -0.2) is 13.1 Å². The highest BCUT2D eigenvalue weighted by Gasteiger charge is 2.12. The van der Waals surface area contributed by atoms with Gasteiger partial charge in [0.1, 0.15) is 5.82 Å².